The van der Waals surface area contributed by atoms with Crippen LogP contribution in [0.4, 0.5) is 19.1 Å². The molecule has 0 unspecified atom stereocenters. The van der Waals surface area contributed by atoms with Gasteiger partial charge in [0.1, 0.15) is 0 Å². The predicted octanol–water partition coefficient (Wildman–Crippen LogP) is 3.60. The van der Waals surface area contributed by atoms with Gasteiger partial charge in [-0.2, -0.15) is 13.2 Å². The Kier molecular flexibility index (Phi) is 5.83. The molecule has 0 aliphatic carbocycles. The fourth-order valence-electron chi connectivity index (χ4n) is 2.06. The molecular formula is C16H18F3N3O2. The molecule has 0 atom stereocenters. The van der Waals surface area contributed by atoms with Crippen LogP contribution in [0.15, 0.2) is 30.5 Å². The fraction of sp³-hybridized carbons (Fsp3) is 0.375. The highest BCUT2D eigenvalue weighted by molar-refractivity contribution is 5.43. The number of hydrogen-bond acceptors (Lipinski definition) is 5. The minimum Gasteiger partial charge on any atom is -0.493 e. The number of ether oxygens (including phenoxy) is 2. The molecule has 2 aromatic rings. The lowest BCUT2D eigenvalue weighted by atomic mass is 10.2. The molecule has 1 aromatic heterocycles. The maximum Gasteiger partial charge on any atom is 0.389 e. The van der Waals surface area contributed by atoms with Crippen LogP contribution in [0.5, 0.6) is 11.5 Å². The molecule has 0 aliphatic rings. The molecule has 0 bridgehead atoms. The van der Waals surface area contributed by atoms with E-state index in [9.17, 15) is 13.2 Å². The summed E-state index contributed by atoms with van der Waals surface area (Å²) in [4.78, 5) is 8.10. The van der Waals surface area contributed by atoms with Crippen molar-refractivity contribution in [2.24, 2.45) is 0 Å². The number of rotatable bonds is 7. The van der Waals surface area contributed by atoms with E-state index in [1.165, 1.54) is 12.3 Å². The summed E-state index contributed by atoms with van der Waals surface area (Å²) in [5, 5.41) is 2.99. The van der Waals surface area contributed by atoms with Gasteiger partial charge >= 0.3 is 6.18 Å². The van der Waals surface area contributed by atoms with Crippen LogP contribution >= 0.6 is 0 Å². The van der Waals surface area contributed by atoms with E-state index >= 15 is 0 Å². The van der Waals surface area contributed by atoms with Gasteiger partial charge in [0.2, 0.25) is 5.95 Å². The lowest BCUT2D eigenvalue weighted by Gasteiger charge is -2.11. The van der Waals surface area contributed by atoms with Gasteiger partial charge in [-0.3, -0.25) is 0 Å². The average Bonchev–Trinajstić information content (AvgIpc) is 2.57. The monoisotopic (exact) mass is 341 g/mol. The Labute approximate surface area is 137 Å². The first-order valence-electron chi connectivity index (χ1n) is 7.24. The summed E-state index contributed by atoms with van der Waals surface area (Å²) < 4.78 is 47.2. The maximum absolute atomic E-state index is 12.3. The van der Waals surface area contributed by atoms with Crippen molar-refractivity contribution in [1.82, 2.24) is 9.97 Å². The second kappa shape index (κ2) is 7.85. The third-order valence-corrected chi connectivity index (χ3v) is 3.28. The van der Waals surface area contributed by atoms with Crippen molar-refractivity contribution in [2.75, 3.05) is 19.5 Å². The van der Waals surface area contributed by atoms with Crippen molar-refractivity contribution in [2.45, 2.75) is 25.6 Å². The van der Waals surface area contributed by atoms with Crippen LogP contribution < -0.4 is 14.8 Å². The van der Waals surface area contributed by atoms with E-state index in [1.807, 2.05) is 6.07 Å². The van der Waals surface area contributed by atoms with Gasteiger partial charge in [-0.1, -0.05) is 6.07 Å². The largest absolute Gasteiger partial charge is 0.493 e. The van der Waals surface area contributed by atoms with Crippen molar-refractivity contribution in [3.8, 4) is 11.5 Å². The van der Waals surface area contributed by atoms with E-state index in [4.69, 9.17) is 9.47 Å². The molecule has 1 aromatic carbocycles. The first kappa shape index (κ1) is 17.8. The fourth-order valence-corrected chi connectivity index (χ4v) is 2.06. The average molecular weight is 341 g/mol. The number of hydrogen-bond donors (Lipinski definition) is 1. The molecule has 0 saturated heterocycles. The first-order valence-corrected chi connectivity index (χ1v) is 7.24. The number of halogens is 3. The van der Waals surface area contributed by atoms with Gasteiger partial charge in [0.25, 0.3) is 0 Å². The maximum atomic E-state index is 12.3. The Morgan fingerprint density at radius 3 is 2.50 bits per heavy atom. The normalized spacial score (nSPS) is 11.2. The highest BCUT2D eigenvalue weighted by Crippen LogP contribution is 2.27. The summed E-state index contributed by atoms with van der Waals surface area (Å²) in [5.74, 6) is 1.49. The molecule has 5 nitrogen and oxygen atoms in total. The molecule has 24 heavy (non-hydrogen) atoms. The van der Waals surface area contributed by atoms with Crippen molar-refractivity contribution in [1.29, 1.82) is 0 Å². The number of alkyl halides is 3. The molecule has 0 saturated carbocycles. The summed E-state index contributed by atoms with van der Waals surface area (Å²) in [6.45, 7) is 0.406. The van der Waals surface area contributed by atoms with Crippen LogP contribution in [0.1, 0.15) is 17.7 Å². The van der Waals surface area contributed by atoms with Crippen molar-refractivity contribution >= 4 is 5.95 Å². The van der Waals surface area contributed by atoms with E-state index in [2.05, 4.69) is 15.3 Å². The van der Waals surface area contributed by atoms with Crippen LogP contribution in [0.3, 0.4) is 0 Å². The predicted molar refractivity (Wildman–Crippen MR) is 83.3 cm³/mol. The molecule has 2 rings (SSSR count). The third kappa shape index (κ3) is 5.29. The number of nitrogens with one attached hydrogen (secondary N) is 1. The number of anilines is 1. The Hall–Kier alpha value is -2.51. The molecular weight excluding hydrogens is 323 g/mol. The lowest BCUT2D eigenvalue weighted by molar-refractivity contribution is -0.134. The number of aryl methyl sites for hydroxylation is 1. The zero-order valence-corrected chi connectivity index (χ0v) is 13.4. The van der Waals surface area contributed by atoms with E-state index < -0.39 is 12.6 Å². The molecule has 1 N–H and O–H groups in total. The lowest BCUT2D eigenvalue weighted by Crippen LogP contribution is -2.10. The molecule has 130 valence electrons. The Morgan fingerprint density at radius 2 is 1.83 bits per heavy atom. The summed E-state index contributed by atoms with van der Waals surface area (Å²) in [7, 11) is 3.10. The van der Waals surface area contributed by atoms with Crippen LogP contribution in [-0.2, 0) is 13.0 Å². The quantitative estimate of drug-likeness (QED) is 0.834. The molecule has 0 amide bonds. The number of methoxy groups -OCH3 is 2. The van der Waals surface area contributed by atoms with Crippen LogP contribution in [0.25, 0.3) is 0 Å². The topological polar surface area (TPSA) is 56.3 Å². The Bertz CT molecular complexity index is 678. The summed E-state index contributed by atoms with van der Waals surface area (Å²) in [6.07, 6.45) is -3.83. The smallest absolute Gasteiger partial charge is 0.389 e. The number of aromatic nitrogens is 2. The summed E-state index contributed by atoms with van der Waals surface area (Å²) >= 11 is 0. The van der Waals surface area contributed by atoms with Gasteiger partial charge < -0.3 is 14.8 Å². The summed E-state index contributed by atoms with van der Waals surface area (Å²) in [6, 6.07) is 6.91. The molecule has 0 aliphatic heterocycles. The first-order chi connectivity index (χ1) is 11.4. The number of nitrogens with zero attached hydrogens (tertiary/aromatic N) is 2. The van der Waals surface area contributed by atoms with Crippen LogP contribution in [-0.4, -0.2) is 30.4 Å². The molecule has 1 heterocycles. The van der Waals surface area contributed by atoms with E-state index in [0.29, 0.717) is 23.7 Å². The van der Waals surface area contributed by atoms with Gasteiger partial charge in [-0.05, 0) is 30.2 Å². The van der Waals surface area contributed by atoms with Gasteiger partial charge in [0, 0.05) is 24.9 Å². The third-order valence-electron chi connectivity index (χ3n) is 3.28. The van der Waals surface area contributed by atoms with Gasteiger partial charge in [-0.15, -0.1) is 0 Å². The SMILES string of the molecule is COc1ccc(CNc2nccc(CCC(F)(F)F)n2)cc1OC. The van der Waals surface area contributed by atoms with Gasteiger partial charge in [0.05, 0.1) is 14.2 Å². The van der Waals surface area contributed by atoms with Gasteiger partial charge in [-0.25, -0.2) is 9.97 Å². The molecule has 0 fully saturated rings. The van der Waals surface area contributed by atoms with Crippen LogP contribution in [0, 0.1) is 0 Å². The molecule has 0 spiro atoms. The van der Waals surface area contributed by atoms with Crippen molar-refractivity contribution in [3.05, 3.63) is 41.7 Å². The van der Waals surface area contributed by atoms with Gasteiger partial charge in [0.15, 0.2) is 11.5 Å². The Balaban J connectivity index is 1.99. The van der Waals surface area contributed by atoms with E-state index in [-0.39, 0.29) is 12.4 Å². The zero-order chi connectivity index (χ0) is 17.6. The standard InChI is InChI=1S/C16H18F3N3O2/c1-23-13-4-3-11(9-14(13)24-2)10-21-15-20-8-6-12(22-15)5-7-16(17,18)19/h3-4,6,8-9H,5,7,10H2,1-2H3,(H,20,21,22). The second-order valence-corrected chi connectivity index (χ2v) is 5.03. The Morgan fingerprint density at radius 1 is 1.08 bits per heavy atom. The molecule has 0 radical (unpaired) electrons. The minimum atomic E-state index is -4.20. The molecule has 8 heteroatoms. The highest BCUT2D eigenvalue weighted by atomic mass is 19.4. The second-order valence-electron chi connectivity index (χ2n) is 5.03. The zero-order valence-electron chi connectivity index (χ0n) is 13.4. The highest BCUT2D eigenvalue weighted by Gasteiger charge is 2.26. The van der Waals surface area contributed by atoms with Crippen molar-refractivity contribution < 1.29 is 22.6 Å². The van der Waals surface area contributed by atoms with E-state index in [0.717, 1.165) is 5.56 Å². The number of benzene rings is 1. The van der Waals surface area contributed by atoms with Crippen LogP contribution in [0.2, 0.25) is 0 Å². The van der Waals surface area contributed by atoms with Crippen molar-refractivity contribution in [3.63, 3.8) is 0 Å². The summed E-state index contributed by atoms with van der Waals surface area (Å²) in [5.41, 5.74) is 1.24. The van der Waals surface area contributed by atoms with E-state index in [1.54, 1.807) is 26.4 Å². The minimum absolute atomic E-state index is 0.170.